The van der Waals surface area contributed by atoms with Gasteiger partial charge in [-0.25, -0.2) is 13.1 Å². The van der Waals surface area contributed by atoms with Crippen LogP contribution in [-0.4, -0.2) is 38.9 Å². The fourth-order valence-corrected chi connectivity index (χ4v) is 3.47. The minimum absolute atomic E-state index is 0.0605. The summed E-state index contributed by atoms with van der Waals surface area (Å²) >= 11 is 5.93. The van der Waals surface area contributed by atoms with Crippen LogP contribution < -0.4 is 4.72 Å². The molecule has 1 aromatic carbocycles. The number of rotatable bonds is 3. The molecule has 7 heteroatoms. The number of likely N-dealkylation sites (tertiary alicyclic amines) is 1. The predicted molar refractivity (Wildman–Crippen MR) is 72.6 cm³/mol. The fourth-order valence-electron chi connectivity index (χ4n) is 1.97. The maximum atomic E-state index is 12.2. The van der Waals surface area contributed by atoms with Crippen molar-refractivity contribution in [3.05, 3.63) is 28.8 Å². The van der Waals surface area contributed by atoms with Gasteiger partial charge in [-0.2, -0.15) is 0 Å². The molecule has 5 nitrogen and oxygen atoms in total. The Bertz CT molecular complexity index is 615. The number of sulfonamides is 1. The number of carbonyl (C=O) groups is 1. The average molecular weight is 303 g/mol. The zero-order valence-electron chi connectivity index (χ0n) is 10.7. The molecular weight excluding hydrogens is 288 g/mol. The van der Waals surface area contributed by atoms with Crippen molar-refractivity contribution in [3.63, 3.8) is 0 Å². The molecule has 1 unspecified atom stereocenters. The highest BCUT2D eigenvalue weighted by Gasteiger charge is 2.30. The lowest BCUT2D eigenvalue weighted by atomic mass is 10.2. The standard InChI is InChI=1S/C12H15ClN2O3S/c1-8-3-4-10(6-11(8)13)19(17,18)14-9-5-12(16)15(2)7-9/h3-4,6,9,14H,5,7H2,1-2H3. The molecule has 2 rings (SSSR count). The summed E-state index contributed by atoms with van der Waals surface area (Å²) in [5.41, 5.74) is 0.816. The first-order valence-corrected chi connectivity index (χ1v) is 7.68. The van der Waals surface area contributed by atoms with Crippen LogP contribution in [-0.2, 0) is 14.8 Å². The molecule has 0 spiro atoms. The van der Waals surface area contributed by atoms with Gasteiger partial charge in [-0.15, -0.1) is 0 Å². The molecule has 1 saturated heterocycles. The Hall–Kier alpha value is -1.11. The molecule has 0 radical (unpaired) electrons. The van der Waals surface area contributed by atoms with E-state index >= 15 is 0 Å². The first kappa shape index (κ1) is 14.3. The predicted octanol–water partition coefficient (Wildman–Crippen LogP) is 1.16. The summed E-state index contributed by atoms with van der Waals surface area (Å²) in [7, 11) is -1.99. The zero-order valence-corrected chi connectivity index (χ0v) is 12.3. The van der Waals surface area contributed by atoms with Gasteiger partial charge in [0.15, 0.2) is 0 Å². The third-order valence-electron chi connectivity index (χ3n) is 3.12. The van der Waals surface area contributed by atoms with E-state index in [0.29, 0.717) is 11.6 Å². The minimum Gasteiger partial charge on any atom is -0.344 e. The van der Waals surface area contributed by atoms with E-state index in [2.05, 4.69) is 4.72 Å². The molecule has 19 heavy (non-hydrogen) atoms. The normalized spacial score (nSPS) is 20.1. The summed E-state index contributed by atoms with van der Waals surface area (Å²) in [4.78, 5) is 13.0. The van der Waals surface area contributed by atoms with Gasteiger partial charge in [-0.1, -0.05) is 17.7 Å². The molecular formula is C12H15ClN2O3S. The van der Waals surface area contributed by atoms with E-state index in [4.69, 9.17) is 11.6 Å². The summed E-state index contributed by atoms with van der Waals surface area (Å²) in [5.74, 6) is -0.0605. The highest BCUT2D eigenvalue weighted by molar-refractivity contribution is 7.89. The second-order valence-corrected chi connectivity index (χ2v) is 6.83. The van der Waals surface area contributed by atoms with Crippen molar-refractivity contribution in [1.29, 1.82) is 0 Å². The molecule has 1 fully saturated rings. The van der Waals surface area contributed by atoms with E-state index in [1.54, 1.807) is 20.0 Å². The monoisotopic (exact) mass is 302 g/mol. The number of amides is 1. The molecule has 1 aromatic rings. The van der Waals surface area contributed by atoms with Crippen LogP contribution in [0, 0.1) is 6.92 Å². The summed E-state index contributed by atoms with van der Waals surface area (Å²) in [6, 6.07) is 4.19. The average Bonchev–Trinajstić information content (AvgIpc) is 2.60. The third-order valence-corrected chi connectivity index (χ3v) is 5.04. The van der Waals surface area contributed by atoms with Crippen molar-refractivity contribution in [2.45, 2.75) is 24.3 Å². The molecule has 1 amide bonds. The molecule has 0 saturated carbocycles. The maximum Gasteiger partial charge on any atom is 0.240 e. The Morgan fingerprint density at radius 2 is 2.11 bits per heavy atom. The van der Waals surface area contributed by atoms with Gasteiger partial charge in [-0.05, 0) is 24.6 Å². The number of nitrogens with zero attached hydrogens (tertiary/aromatic N) is 1. The number of nitrogens with one attached hydrogen (secondary N) is 1. The van der Waals surface area contributed by atoms with Gasteiger partial charge in [0, 0.05) is 31.1 Å². The largest absolute Gasteiger partial charge is 0.344 e. The lowest BCUT2D eigenvalue weighted by Gasteiger charge is -2.13. The molecule has 1 heterocycles. The number of aryl methyl sites for hydroxylation is 1. The van der Waals surface area contributed by atoms with E-state index < -0.39 is 10.0 Å². The lowest BCUT2D eigenvalue weighted by Crippen LogP contribution is -2.36. The molecule has 1 atom stereocenters. The van der Waals surface area contributed by atoms with Crippen LogP contribution in [0.2, 0.25) is 5.02 Å². The molecule has 1 N–H and O–H groups in total. The smallest absolute Gasteiger partial charge is 0.240 e. The van der Waals surface area contributed by atoms with Crippen LogP contribution in [0.3, 0.4) is 0 Å². The first-order valence-electron chi connectivity index (χ1n) is 5.82. The molecule has 0 aliphatic carbocycles. The molecule has 1 aliphatic heterocycles. The van der Waals surface area contributed by atoms with Crippen molar-refractivity contribution < 1.29 is 13.2 Å². The van der Waals surface area contributed by atoms with Crippen molar-refractivity contribution in [2.24, 2.45) is 0 Å². The second-order valence-electron chi connectivity index (χ2n) is 4.71. The van der Waals surface area contributed by atoms with E-state index in [1.165, 1.54) is 17.0 Å². The number of halogens is 1. The third kappa shape index (κ3) is 3.08. The molecule has 1 aliphatic rings. The van der Waals surface area contributed by atoms with Crippen LogP contribution >= 0.6 is 11.6 Å². The summed E-state index contributed by atoms with van der Waals surface area (Å²) in [6.07, 6.45) is 0.190. The van der Waals surface area contributed by atoms with E-state index in [0.717, 1.165) is 5.56 Å². The second kappa shape index (κ2) is 5.11. The summed E-state index contributed by atoms with van der Waals surface area (Å²) in [5, 5.41) is 0.405. The van der Waals surface area contributed by atoms with Crippen LogP contribution in [0.5, 0.6) is 0 Å². The summed E-state index contributed by atoms with van der Waals surface area (Å²) < 4.78 is 26.9. The van der Waals surface area contributed by atoms with Crippen molar-refractivity contribution in [1.82, 2.24) is 9.62 Å². The number of likely N-dealkylation sites (N-methyl/N-ethyl adjacent to an activating group) is 1. The Morgan fingerprint density at radius 3 is 2.63 bits per heavy atom. The van der Waals surface area contributed by atoms with Crippen LogP contribution in [0.25, 0.3) is 0 Å². The van der Waals surface area contributed by atoms with E-state index in [-0.39, 0.29) is 23.3 Å². The first-order chi connectivity index (χ1) is 8.79. The van der Waals surface area contributed by atoms with Crippen LogP contribution in [0.15, 0.2) is 23.1 Å². The van der Waals surface area contributed by atoms with Gasteiger partial charge in [-0.3, -0.25) is 4.79 Å². The van der Waals surface area contributed by atoms with Gasteiger partial charge in [0.1, 0.15) is 0 Å². The topological polar surface area (TPSA) is 66.5 Å². The highest BCUT2D eigenvalue weighted by atomic mass is 35.5. The van der Waals surface area contributed by atoms with E-state index in [9.17, 15) is 13.2 Å². The van der Waals surface area contributed by atoms with Crippen LogP contribution in [0.4, 0.5) is 0 Å². The number of carbonyl (C=O) groups excluding carboxylic acids is 1. The Morgan fingerprint density at radius 1 is 1.42 bits per heavy atom. The van der Waals surface area contributed by atoms with Crippen molar-refractivity contribution >= 4 is 27.5 Å². The van der Waals surface area contributed by atoms with Gasteiger partial charge >= 0.3 is 0 Å². The zero-order chi connectivity index (χ0) is 14.2. The molecule has 0 bridgehead atoms. The number of benzene rings is 1. The Labute approximate surface area is 117 Å². The van der Waals surface area contributed by atoms with E-state index in [1.807, 2.05) is 0 Å². The molecule has 104 valence electrons. The lowest BCUT2D eigenvalue weighted by molar-refractivity contribution is -0.126. The number of hydrogen-bond acceptors (Lipinski definition) is 3. The number of hydrogen-bond donors (Lipinski definition) is 1. The quantitative estimate of drug-likeness (QED) is 0.911. The van der Waals surface area contributed by atoms with Gasteiger partial charge in [0.25, 0.3) is 0 Å². The van der Waals surface area contributed by atoms with Crippen molar-refractivity contribution in [2.75, 3.05) is 13.6 Å². The van der Waals surface area contributed by atoms with Crippen molar-refractivity contribution in [3.8, 4) is 0 Å². The maximum absolute atomic E-state index is 12.2. The van der Waals surface area contributed by atoms with Gasteiger partial charge in [0.2, 0.25) is 15.9 Å². The van der Waals surface area contributed by atoms with Crippen LogP contribution in [0.1, 0.15) is 12.0 Å². The Balaban J connectivity index is 2.19. The minimum atomic E-state index is -3.64. The highest BCUT2D eigenvalue weighted by Crippen LogP contribution is 2.21. The SMILES string of the molecule is Cc1ccc(S(=O)(=O)NC2CC(=O)N(C)C2)cc1Cl. The molecule has 0 aromatic heterocycles. The Kier molecular flexibility index (Phi) is 3.85. The summed E-state index contributed by atoms with van der Waals surface area (Å²) in [6.45, 7) is 2.19. The van der Waals surface area contributed by atoms with Gasteiger partial charge in [0.05, 0.1) is 4.90 Å². The van der Waals surface area contributed by atoms with Gasteiger partial charge < -0.3 is 4.90 Å². The fraction of sp³-hybridized carbons (Fsp3) is 0.417.